The fourth-order valence-electron chi connectivity index (χ4n) is 1.75. The van der Waals surface area contributed by atoms with Gasteiger partial charge < -0.3 is 10.1 Å². The maximum absolute atomic E-state index is 11.7. The van der Waals surface area contributed by atoms with Crippen molar-refractivity contribution in [1.82, 2.24) is 15.1 Å². The standard InChI is InChI=1S/C14H16IN3O2/c1-10-11(8-18(2)17-10)7-16-14(19)9-20-13-5-3-12(15)4-6-13/h3-6,8H,7,9H2,1-2H3,(H,16,19). The molecule has 0 aliphatic heterocycles. The Morgan fingerprint density at radius 3 is 2.70 bits per heavy atom. The van der Waals surface area contributed by atoms with Gasteiger partial charge in [0, 0.05) is 28.9 Å². The molecule has 0 radical (unpaired) electrons. The maximum atomic E-state index is 11.7. The third kappa shape index (κ3) is 4.22. The van der Waals surface area contributed by atoms with Gasteiger partial charge in [-0.25, -0.2) is 0 Å². The summed E-state index contributed by atoms with van der Waals surface area (Å²) in [6, 6.07) is 7.57. The number of amides is 1. The van der Waals surface area contributed by atoms with Crippen LogP contribution >= 0.6 is 22.6 Å². The summed E-state index contributed by atoms with van der Waals surface area (Å²) >= 11 is 2.22. The van der Waals surface area contributed by atoms with E-state index in [-0.39, 0.29) is 12.5 Å². The molecular weight excluding hydrogens is 369 g/mol. The van der Waals surface area contributed by atoms with E-state index in [9.17, 15) is 4.79 Å². The van der Waals surface area contributed by atoms with E-state index in [1.54, 1.807) is 4.68 Å². The van der Waals surface area contributed by atoms with Gasteiger partial charge in [0.05, 0.1) is 5.69 Å². The minimum atomic E-state index is -0.146. The van der Waals surface area contributed by atoms with E-state index >= 15 is 0 Å². The monoisotopic (exact) mass is 385 g/mol. The molecule has 106 valence electrons. The Balaban J connectivity index is 1.78. The predicted molar refractivity (Wildman–Crippen MR) is 84.4 cm³/mol. The lowest BCUT2D eigenvalue weighted by Gasteiger charge is -2.07. The summed E-state index contributed by atoms with van der Waals surface area (Å²) in [4.78, 5) is 11.7. The summed E-state index contributed by atoms with van der Waals surface area (Å²) < 4.78 is 8.28. The number of nitrogens with one attached hydrogen (secondary N) is 1. The molecule has 1 heterocycles. The molecule has 5 nitrogen and oxygen atoms in total. The quantitative estimate of drug-likeness (QED) is 0.802. The predicted octanol–water partition coefficient (Wildman–Crippen LogP) is 2.03. The van der Waals surface area contributed by atoms with Gasteiger partial charge in [-0.15, -0.1) is 0 Å². The fraction of sp³-hybridized carbons (Fsp3) is 0.286. The molecule has 0 saturated heterocycles. The van der Waals surface area contributed by atoms with E-state index in [2.05, 4.69) is 33.0 Å². The van der Waals surface area contributed by atoms with Crippen LogP contribution in [0, 0.1) is 10.5 Å². The molecule has 0 spiro atoms. The number of aromatic nitrogens is 2. The Labute approximate surface area is 131 Å². The normalized spacial score (nSPS) is 10.3. The van der Waals surface area contributed by atoms with Crippen LogP contribution in [0.2, 0.25) is 0 Å². The summed E-state index contributed by atoms with van der Waals surface area (Å²) in [6.45, 7) is 2.40. The molecule has 1 aromatic heterocycles. The van der Waals surface area contributed by atoms with Crippen molar-refractivity contribution in [2.45, 2.75) is 13.5 Å². The molecule has 1 aromatic carbocycles. The molecule has 20 heavy (non-hydrogen) atoms. The van der Waals surface area contributed by atoms with Crippen molar-refractivity contribution in [2.75, 3.05) is 6.61 Å². The average molecular weight is 385 g/mol. The van der Waals surface area contributed by atoms with Gasteiger partial charge in [-0.2, -0.15) is 5.10 Å². The van der Waals surface area contributed by atoms with E-state index in [1.807, 2.05) is 44.4 Å². The molecule has 2 rings (SSSR count). The molecule has 0 unspecified atom stereocenters. The summed E-state index contributed by atoms with van der Waals surface area (Å²) in [6.07, 6.45) is 1.90. The molecule has 0 fully saturated rings. The Kier molecular flexibility index (Phi) is 4.99. The molecule has 0 aliphatic carbocycles. The zero-order chi connectivity index (χ0) is 14.5. The first-order chi connectivity index (χ1) is 9.54. The van der Waals surface area contributed by atoms with Crippen LogP contribution in [-0.4, -0.2) is 22.3 Å². The minimum Gasteiger partial charge on any atom is -0.484 e. The third-order valence-corrected chi connectivity index (χ3v) is 3.49. The summed E-state index contributed by atoms with van der Waals surface area (Å²) in [5.41, 5.74) is 1.93. The van der Waals surface area contributed by atoms with Crippen LogP contribution < -0.4 is 10.1 Å². The van der Waals surface area contributed by atoms with Crippen molar-refractivity contribution in [2.24, 2.45) is 7.05 Å². The van der Waals surface area contributed by atoms with Gasteiger partial charge in [0.25, 0.3) is 5.91 Å². The number of hydrogen-bond donors (Lipinski definition) is 1. The zero-order valence-electron chi connectivity index (χ0n) is 11.4. The number of rotatable bonds is 5. The Bertz CT molecular complexity index is 593. The number of carbonyl (C=O) groups excluding carboxylic acids is 1. The molecule has 1 amide bonds. The van der Waals surface area contributed by atoms with Gasteiger partial charge in [0.2, 0.25) is 0 Å². The lowest BCUT2D eigenvalue weighted by atomic mass is 10.2. The van der Waals surface area contributed by atoms with Crippen LogP contribution in [0.1, 0.15) is 11.3 Å². The topological polar surface area (TPSA) is 56.2 Å². The van der Waals surface area contributed by atoms with E-state index in [0.717, 1.165) is 14.8 Å². The van der Waals surface area contributed by atoms with Crippen LogP contribution in [-0.2, 0) is 18.4 Å². The van der Waals surface area contributed by atoms with Gasteiger partial charge in [-0.1, -0.05) is 0 Å². The van der Waals surface area contributed by atoms with Crippen molar-refractivity contribution >= 4 is 28.5 Å². The van der Waals surface area contributed by atoms with Gasteiger partial charge >= 0.3 is 0 Å². The highest BCUT2D eigenvalue weighted by Crippen LogP contribution is 2.13. The summed E-state index contributed by atoms with van der Waals surface area (Å²) in [7, 11) is 1.86. The Morgan fingerprint density at radius 1 is 1.40 bits per heavy atom. The summed E-state index contributed by atoms with van der Waals surface area (Å²) in [5.74, 6) is 0.546. The molecule has 0 bridgehead atoms. The van der Waals surface area contributed by atoms with E-state index in [0.29, 0.717) is 12.3 Å². The molecule has 0 atom stereocenters. The second-order valence-corrected chi connectivity index (χ2v) is 5.68. The molecule has 0 saturated carbocycles. The fourth-order valence-corrected chi connectivity index (χ4v) is 2.11. The van der Waals surface area contributed by atoms with E-state index in [1.165, 1.54) is 0 Å². The first-order valence-electron chi connectivity index (χ1n) is 6.19. The second-order valence-electron chi connectivity index (χ2n) is 4.43. The Hall–Kier alpha value is -1.57. The van der Waals surface area contributed by atoms with Gasteiger partial charge in [-0.3, -0.25) is 9.48 Å². The highest BCUT2D eigenvalue weighted by atomic mass is 127. The second kappa shape index (κ2) is 6.74. The molecule has 1 N–H and O–H groups in total. The van der Waals surface area contributed by atoms with Crippen molar-refractivity contribution < 1.29 is 9.53 Å². The molecule has 6 heteroatoms. The molecule has 0 aliphatic rings. The van der Waals surface area contributed by atoms with Gasteiger partial charge in [0.1, 0.15) is 5.75 Å². The third-order valence-electron chi connectivity index (χ3n) is 2.77. The SMILES string of the molecule is Cc1nn(C)cc1CNC(=O)COc1ccc(I)cc1. The highest BCUT2D eigenvalue weighted by molar-refractivity contribution is 14.1. The lowest BCUT2D eigenvalue weighted by molar-refractivity contribution is -0.123. The van der Waals surface area contributed by atoms with Crippen LogP contribution in [0.3, 0.4) is 0 Å². The van der Waals surface area contributed by atoms with E-state index in [4.69, 9.17) is 4.74 Å². The maximum Gasteiger partial charge on any atom is 0.258 e. The van der Waals surface area contributed by atoms with Gasteiger partial charge in [0.15, 0.2) is 6.61 Å². The minimum absolute atomic E-state index is 0.0138. The smallest absolute Gasteiger partial charge is 0.258 e. The number of carbonyl (C=O) groups is 1. The zero-order valence-corrected chi connectivity index (χ0v) is 13.5. The van der Waals surface area contributed by atoms with E-state index < -0.39 is 0 Å². The highest BCUT2D eigenvalue weighted by Gasteiger charge is 2.06. The number of nitrogens with zero attached hydrogens (tertiary/aromatic N) is 2. The number of benzene rings is 1. The van der Waals surface area contributed by atoms with Crippen LogP contribution in [0.4, 0.5) is 0 Å². The number of ether oxygens (including phenoxy) is 1. The average Bonchev–Trinajstić information content (AvgIpc) is 2.74. The Morgan fingerprint density at radius 2 is 2.10 bits per heavy atom. The van der Waals surface area contributed by atoms with Crippen molar-refractivity contribution in [1.29, 1.82) is 0 Å². The van der Waals surface area contributed by atoms with Crippen molar-refractivity contribution in [3.8, 4) is 5.75 Å². The van der Waals surface area contributed by atoms with Crippen LogP contribution in [0.5, 0.6) is 5.75 Å². The number of halogens is 1. The van der Waals surface area contributed by atoms with Gasteiger partial charge in [-0.05, 0) is 53.8 Å². The molecular formula is C14H16IN3O2. The van der Waals surface area contributed by atoms with Crippen molar-refractivity contribution in [3.05, 3.63) is 45.3 Å². The number of aryl methyl sites for hydroxylation is 2. The summed E-state index contributed by atoms with van der Waals surface area (Å²) in [5, 5.41) is 7.04. The lowest BCUT2D eigenvalue weighted by Crippen LogP contribution is -2.28. The largest absolute Gasteiger partial charge is 0.484 e. The van der Waals surface area contributed by atoms with Crippen LogP contribution in [0.25, 0.3) is 0 Å². The number of hydrogen-bond acceptors (Lipinski definition) is 3. The van der Waals surface area contributed by atoms with Crippen molar-refractivity contribution in [3.63, 3.8) is 0 Å². The first kappa shape index (κ1) is 14.8. The molecule has 2 aromatic rings. The first-order valence-corrected chi connectivity index (χ1v) is 7.26. The van der Waals surface area contributed by atoms with Crippen LogP contribution in [0.15, 0.2) is 30.5 Å².